The van der Waals surface area contributed by atoms with Crippen LogP contribution in [-0.2, 0) is 10.3 Å². The fourth-order valence-electron chi connectivity index (χ4n) is 2.72. The Morgan fingerprint density at radius 2 is 2.24 bits per heavy atom. The van der Waals surface area contributed by atoms with Crippen molar-refractivity contribution in [1.82, 2.24) is 15.5 Å². The van der Waals surface area contributed by atoms with Gasteiger partial charge in [0, 0.05) is 17.1 Å². The summed E-state index contributed by atoms with van der Waals surface area (Å²) < 4.78 is 11.1. The molecule has 1 saturated heterocycles. The van der Waals surface area contributed by atoms with Crippen molar-refractivity contribution in [1.29, 1.82) is 0 Å². The minimum absolute atomic E-state index is 0.0240. The molecule has 0 saturated carbocycles. The lowest BCUT2D eigenvalue weighted by Gasteiger charge is -2.22. The zero-order valence-electron chi connectivity index (χ0n) is 14.2. The topological polar surface area (TPSA) is 103 Å². The molecule has 7 nitrogen and oxygen atoms in total. The number of nitrogens with one attached hydrogen (secondary N) is 1. The molecule has 25 heavy (non-hydrogen) atoms. The SMILES string of the molecule is CC(C)(NC(=O)c1cccc(Cl)c1)c1noc([C@H]2CC[C@@H](CN)O2)n1. The van der Waals surface area contributed by atoms with Gasteiger partial charge in [-0.2, -0.15) is 4.98 Å². The van der Waals surface area contributed by atoms with Crippen molar-refractivity contribution >= 4 is 17.5 Å². The van der Waals surface area contributed by atoms with E-state index in [-0.39, 0.29) is 18.1 Å². The molecule has 8 heteroatoms. The average Bonchev–Trinajstić information content (AvgIpc) is 3.23. The summed E-state index contributed by atoms with van der Waals surface area (Å²) in [6, 6.07) is 6.74. The smallest absolute Gasteiger partial charge is 0.255 e. The molecule has 0 bridgehead atoms. The summed E-state index contributed by atoms with van der Waals surface area (Å²) in [5.41, 5.74) is 5.28. The van der Waals surface area contributed by atoms with E-state index in [1.807, 2.05) is 13.8 Å². The first kappa shape index (κ1) is 17.8. The zero-order valence-corrected chi connectivity index (χ0v) is 14.9. The van der Waals surface area contributed by atoms with Gasteiger partial charge in [-0.15, -0.1) is 0 Å². The Hall–Kier alpha value is -1.96. The lowest BCUT2D eigenvalue weighted by Crippen LogP contribution is -2.41. The van der Waals surface area contributed by atoms with Gasteiger partial charge >= 0.3 is 0 Å². The second kappa shape index (κ2) is 7.11. The predicted molar refractivity (Wildman–Crippen MR) is 92.1 cm³/mol. The van der Waals surface area contributed by atoms with Crippen LogP contribution in [0.25, 0.3) is 0 Å². The molecule has 1 aliphatic rings. The van der Waals surface area contributed by atoms with E-state index in [4.69, 9.17) is 26.6 Å². The number of halogens is 1. The molecule has 2 atom stereocenters. The van der Waals surface area contributed by atoms with Gasteiger partial charge in [-0.25, -0.2) is 0 Å². The van der Waals surface area contributed by atoms with E-state index in [9.17, 15) is 4.79 Å². The summed E-state index contributed by atoms with van der Waals surface area (Å²) in [4.78, 5) is 16.8. The third-order valence-electron chi connectivity index (χ3n) is 4.16. The maximum absolute atomic E-state index is 12.4. The van der Waals surface area contributed by atoms with E-state index in [2.05, 4.69) is 15.5 Å². The number of nitrogens with two attached hydrogens (primary N) is 1. The van der Waals surface area contributed by atoms with E-state index < -0.39 is 5.54 Å². The quantitative estimate of drug-likeness (QED) is 0.845. The molecule has 1 amide bonds. The molecular weight excluding hydrogens is 344 g/mol. The van der Waals surface area contributed by atoms with Crippen LogP contribution in [-0.4, -0.2) is 28.7 Å². The van der Waals surface area contributed by atoms with Gasteiger partial charge in [-0.05, 0) is 44.9 Å². The van der Waals surface area contributed by atoms with E-state index in [1.54, 1.807) is 24.3 Å². The van der Waals surface area contributed by atoms with Gasteiger partial charge in [0.25, 0.3) is 11.8 Å². The van der Waals surface area contributed by atoms with Crippen LogP contribution in [0.4, 0.5) is 0 Å². The van der Waals surface area contributed by atoms with Crippen LogP contribution in [0, 0.1) is 0 Å². The van der Waals surface area contributed by atoms with Crippen LogP contribution in [0.2, 0.25) is 5.02 Å². The van der Waals surface area contributed by atoms with Crippen LogP contribution in [0.15, 0.2) is 28.8 Å². The van der Waals surface area contributed by atoms with Gasteiger partial charge in [0.15, 0.2) is 5.82 Å². The summed E-state index contributed by atoms with van der Waals surface area (Å²) in [7, 11) is 0. The monoisotopic (exact) mass is 364 g/mol. The molecular formula is C17H21ClN4O3. The fraction of sp³-hybridized carbons (Fsp3) is 0.471. The van der Waals surface area contributed by atoms with Crippen molar-refractivity contribution in [2.24, 2.45) is 5.73 Å². The first-order valence-corrected chi connectivity index (χ1v) is 8.54. The van der Waals surface area contributed by atoms with Gasteiger partial charge in [0.2, 0.25) is 0 Å². The highest BCUT2D eigenvalue weighted by atomic mass is 35.5. The van der Waals surface area contributed by atoms with Crippen molar-refractivity contribution in [2.45, 2.75) is 44.4 Å². The van der Waals surface area contributed by atoms with Crippen molar-refractivity contribution in [3.8, 4) is 0 Å². The number of carbonyl (C=O) groups is 1. The number of hydrogen-bond donors (Lipinski definition) is 2. The number of nitrogens with zero attached hydrogens (tertiary/aromatic N) is 2. The number of rotatable bonds is 5. The van der Waals surface area contributed by atoms with Gasteiger partial charge in [-0.1, -0.05) is 22.8 Å². The first-order chi connectivity index (χ1) is 11.9. The van der Waals surface area contributed by atoms with Crippen molar-refractivity contribution in [3.63, 3.8) is 0 Å². The minimum atomic E-state index is -0.812. The van der Waals surface area contributed by atoms with Gasteiger partial charge < -0.3 is 20.3 Å². The molecule has 0 aliphatic carbocycles. The standard InChI is InChI=1S/C17H21ClN4O3/c1-17(2,21-14(23)10-4-3-5-11(18)8-10)16-20-15(25-22-16)13-7-6-12(9-19)24-13/h3-5,8,12-13H,6-7,9,19H2,1-2H3,(H,21,23)/t12-,13+/m0/s1. The maximum Gasteiger partial charge on any atom is 0.255 e. The third-order valence-corrected chi connectivity index (χ3v) is 4.39. The molecule has 1 fully saturated rings. The molecule has 134 valence electrons. The number of hydrogen-bond acceptors (Lipinski definition) is 6. The number of carbonyl (C=O) groups excluding carboxylic acids is 1. The van der Waals surface area contributed by atoms with E-state index in [1.165, 1.54) is 0 Å². The molecule has 0 radical (unpaired) electrons. The molecule has 0 spiro atoms. The van der Waals surface area contributed by atoms with E-state index in [0.717, 1.165) is 12.8 Å². The Bertz CT molecular complexity index is 762. The highest BCUT2D eigenvalue weighted by molar-refractivity contribution is 6.30. The Kier molecular flexibility index (Phi) is 5.08. The zero-order chi connectivity index (χ0) is 18.0. The largest absolute Gasteiger partial charge is 0.364 e. The molecule has 2 heterocycles. The van der Waals surface area contributed by atoms with E-state index in [0.29, 0.717) is 28.8 Å². The number of benzene rings is 1. The van der Waals surface area contributed by atoms with Gasteiger partial charge in [0.1, 0.15) is 6.10 Å². The molecule has 1 aliphatic heterocycles. The Balaban J connectivity index is 1.71. The summed E-state index contributed by atoms with van der Waals surface area (Å²) in [6.07, 6.45) is 1.44. The number of ether oxygens (including phenoxy) is 1. The Morgan fingerprint density at radius 3 is 2.92 bits per heavy atom. The van der Waals surface area contributed by atoms with Crippen molar-refractivity contribution < 1.29 is 14.1 Å². The minimum Gasteiger partial charge on any atom is -0.364 e. The predicted octanol–water partition coefficient (Wildman–Crippen LogP) is 2.57. The van der Waals surface area contributed by atoms with Crippen molar-refractivity contribution in [3.05, 3.63) is 46.6 Å². The normalized spacial score (nSPS) is 20.6. The van der Waals surface area contributed by atoms with Crippen LogP contribution < -0.4 is 11.1 Å². The maximum atomic E-state index is 12.4. The van der Waals surface area contributed by atoms with Gasteiger partial charge in [-0.3, -0.25) is 4.79 Å². The molecule has 3 rings (SSSR count). The third kappa shape index (κ3) is 4.00. The van der Waals surface area contributed by atoms with Crippen LogP contribution >= 0.6 is 11.6 Å². The second-order valence-electron chi connectivity index (χ2n) is 6.61. The van der Waals surface area contributed by atoms with Crippen LogP contribution in [0.3, 0.4) is 0 Å². The highest BCUT2D eigenvalue weighted by Crippen LogP contribution is 2.32. The van der Waals surface area contributed by atoms with Gasteiger partial charge in [0.05, 0.1) is 11.6 Å². The average molecular weight is 365 g/mol. The summed E-state index contributed by atoms with van der Waals surface area (Å²) >= 11 is 5.93. The molecule has 2 aromatic rings. The second-order valence-corrected chi connectivity index (χ2v) is 7.04. The summed E-state index contributed by atoms with van der Waals surface area (Å²) in [5, 5.41) is 7.41. The van der Waals surface area contributed by atoms with E-state index >= 15 is 0 Å². The number of amides is 1. The van der Waals surface area contributed by atoms with Crippen molar-refractivity contribution in [2.75, 3.05) is 6.54 Å². The lowest BCUT2D eigenvalue weighted by atomic mass is 10.0. The summed E-state index contributed by atoms with van der Waals surface area (Å²) in [6.45, 7) is 4.09. The molecule has 0 unspecified atom stereocenters. The van der Waals surface area contributed by atoms with Crippen LogP contribution in [0.1, 0.15) is 54.9 Å². The fourth-order valence-corrected chi connectivity index (χ4v) is 2.91. The Labute approximate surface area is 150 Å². The lowest BCUT2D eigenvalue weighted by molar-refractivity contribution is 0.0307. The molecule has 3 N–H and O–H groups in total. The highest BCUT2D eigenvalue weighted by Gasteiger charge is 2.34. The van der Waals surface area contributed by atoms with Crippen LogP contribution in [0.5, 0.6) is 0 Å². The number of aromatic nitrogens is 2. The molecule has 1 aromatic heterocycles. The Morgan fingerprint density at radius 1 is 1.44 bits per heavy atom. The summed E-state index contributed by atoms with van der Waals surface area (Å²) in [5.74, 6) is 0.535. The molecule has 1 aromatic carbocycles. The first-order valence-electron chi connectivity index (χ1n) is 8.17.